The van der Waals surface area contributed by atoms with Gasteiger partial charge < -0.3 is 19.9 Å². The Morgan fingerprint density at radius 1 is 1.33 bits per heavy atom. The average Bonchev–Trinajstić information content (AvgIpc) is 2.53. The summed E-state index contributed by atoms with van der Waals surface area (Å²) in [6.45, 7) is 1.68. The lowest BCUT2D eigenvalue weighted by atomic mass is 9.81. The van der Waals surface area contributed by atoms with E-state index in [1.165, 1.54) is 0 Å². The molecule has 116 valence electrons. The summed E-state index contributed by atoms with van der Waals surface area (Å²) < 4.78 is 10.7. The summed E-state index contributed by atoms with van der Waals surface area (Å²) >= 11 is 5.77. The molecule has 0 bridgehead atoms. The van der Waals surface area contributed by atoms with Crippen LogP contribution in [0.5, 0.6) is 5.75 Å². The number of amides is 1. The molecule has 1 aliphatic heterocycles. The number of hydrogen-bond donors (Lipinski definition) is 2. The van der Waals surface area contributed by atoms with Crippen LogP contribution in [0.25, 0.3) is 0 Å². The minimum Gasteiger partial charge on any atom is -0.484 e. The van der Waals surface area contributed by atoms with E-state index in [4.69, 9.17) is 21.1 Å². The molecule has 0 spiro atoms. The number of nitrogens with one attached hydrogen (secondary N) is 1. The van der Waals surface area contributed by atoms with Gasteiger partial charge >= 0.3 is 0 Å². The topological polar surface area (TPSA) is 67.8 Å². The Morgan fingerprint density at radius 3 is 2.62 bits per heavy atom. The number of benzene rings is 1. The van der Waals surface area contributed by atoms with Crippen molar-refractivity contribution in [2.24, 2.45) is 5.41 Å². The molecule has 21 heavy (non-hydrogen) atoms. The van der Waals surface area contributed by atoms with Gasteiger partial charge in [-0.2, -0.15) is 0 Å². The van der Waals surface area contributed by atoms with E-state index >= 15 is 0 Å². The van der Waals surface area contributed by atoms with Gasteiger partial charge in [-0.1, -0.05) is 11.6 Å². The van der Waals surface area contributed by atoms with Crippen molar-refractivity contribution in [3.8, 4) is 5.75 Å². The molecule has 1 aromatic carbocycles. The van der Waals surface area contributed by atoms with Gasteiger partial charge in [0.05, 0.1) is 6.61 Å². The summed E-state index contributed by atoms with van der Waals surface area (Å²) in [6.07, 6.45) is 1.50. The zero-order chi connectivity index (χ0) is 15.1. The van der Waals surface area contributed by atoms with Crippen LogP contribution in [-0.2, 0) is 9.53 Å². The Morgan fingerprint density at radius 2 is 2.00 bits per heavy atom. The predicted octanol–water partition coefficient (Wildman–Crippen LogP) is 1.62. The molecule has 1 aromatic rings. The molecule has 1 amide bonds. The third-order valence-electron chi connectivity index (χ3n) is 3.73. The fraction of sp³-hybridized carbons (Fsp3) is 0.533. The van der Waals surface area contributed by atoms with Crippen LogP contribution in [0.3, 0.4) is 0 Å². The lowest BCUT2D eigenvalue weighted by Crippen LogP contribution is -2.44. The van der Waals surface area contributed by atoms with Crippen molar-refractivity contribution in [3.63, 3.8) is 0 Å². The van der Waals surface area contributed by atoms with E-state index in [1.54, 1.807) is 24.3 Å². The first kappa shape index (κ1) is 16.1. The van der Waals surface area contributed by atoms with Crippen molar-refractivity contribution in [1.82, 2.24) is 5.32 Å². The largest absolute Gasteiger partial charge is 0.484 e. The molecule has 1 aliphatic rings. The quantitative estimate of drug-likeness (QED) is 0.837. The summed E-state index contributed by atoms with van der Waals surface area (Å²) in [6, 6.07) is 6.84. The van der Waals surface area contributed by atoms with E-state index in [9.17, 15) is 9.90 Å². The Labute approximate surface area is 129 Å². The minimum atomic E-state index is -0.270. The van der Waals surface area contributed by atoms with Crippen molar-refractivity contribution < 1.29 is 19.4 Å². The average molecular weight is 314 g/mol. The molecule has 2 rings (SSSR count). The summed E-state index contributed by atoms with van der Waals surface area (Å²) in [5.41, 5.74) is -0.270. The molecule has 0 saturated carbocycles. The molecule has 1 heterocycles. The summed E-state index contributed by atoms with van der Waals surface area (Å²) in [5, 5.41) is 13.0. The first-order chi connectivity index (χ1) is 10.1. The van der Waals surface area contributed by atoms with Crippen molar-refractivity contribution in [1.29, 1.82) is 0 Å². The number of aliphatic hydroxyl groups is 1. The molecule has 1 fully saturated rings. The summed E-state index contributed by atoms with van der Waals surface area (Å²) in [7, 11) is 0. The Kier molecular flexibility index (Phi) is 5.85. The van der Waals surface area contributed by atoms with Gasteiger partial charge in [0, 0.05) is 30.2 Å². The number of rotatable bonds is 6. The number of ether oxygens (including phenoxy) is 2. The predicted molar refractivity (Wildman–Crippen MR) is 79.5 cm³/mol. The summed E-state index contributed by atoms with van der Waals surface area (Å²) in [5.74, 6) is 0.391. The van der Waals surface area contributed by atoms with Crippen LogP contribution in [0.1, 0.15) is 12.8 Å². The Hall–Kier alpha value is -1.30. The molecule has 0 atom stereocenters. The second-order valence-electron chi connectivity index (χ2n) is 5.29. The lowest BCUT2D eigenvalue weighted by Gasteiger charge is -2.35. The van der Waals surface area contributed by atoms with E-state index in [0.29, 0.717) is 30.5 Å². The standard InChI is InChI=1S/C15H20ClNO4/c16-12-1-3-13(4-2-12)21-9-14(19)17-10-15(11-18)5-7-20-8-6-15/h1-4,18H,5-11H2,(H,17,19). The third kappa shape index (κ3) is 4.88. The molecule has 0 radical (unpaired) electrons. The van der Waals surface area contributed by atoms with Crippen LogP contribution >= 0.6 is 11.6 Å². The Bertz CT molecular complexity index is 457. The fourth-order valence-corrected chi connectivity index (χ4v) is 2.34. The second kappa shape index (κ2) is 7.64. The molecule has 0 aliphatic carbocycles. The van der Waals surface area contributed by atoms with E-state index < -0.39 is 0 Å². The maximum absolute atomic E-state index is 11.8. The third-order valence-corrected chi connectivity index (χ3v) is 3.98. The first-order valence-electron chi connectivity index (χ1n) is 6.97. The van der Waals surface area contributed by atoms with Gasteiger partial charge in [0.2, 0.25) is 0 Å². The molecule has 5 nitrogen and oxygen atoms in total. The van der Waals surface area contributed by atoms with Crippen LogP contribution < -0.4 is 10.1 Å². The first-order valence-corrected chi connectivity index (χ1v) is 7.35. The van der Waals surface area contributed by atoms with E-state index in [-0.39, 0.29) is 24.5 Å². The highest BCUT2D eigenvalue weighted by atomic mass is 35.5. The van der Waals surface area contributed by atoms with Gasteiger partial charge in [0.15, 0.2) is 6.61 Å². The minimum absolute atomic E-state index is 0.0503. The smallest absolute Gasteiger partial charge is 0.257 e. The van der Waals surface area contributed by atoms with Crippen LogP contribution in [0.15, 0.2) is 24.3 Å². The number of carbonyl (C=O) groups is 1. The van der Waals surface area contributed by atoms with E-state index in [2.05, 4.69) is 5.32 Å². The van der Waals surface area contributed by atoms with Crippen molar-refractivity contribution >= 4 is 17.5 Å². The van der Waals surface area contributed by atoms with Crippen molar-refractivity contribution in [2.75, 3.05) is 33.0 Å². The highest BCUT2D eigenvalue weighted by Crippen LogP contribution is 2.28. The maximum Gasteiger partial charge on any atom is 0.257 e. The Balaban J connectivity index is 1.75. The fourth-order valence-electron chi connectivity index (χ4n) is 2.21. The van der Waals surface area contributed by atoms with Crippen LogP contribution in [0.4, 0.5) is 0 Å². The van der Waals surface area contributed by atoms with Gasteiger partial charge in [-0.3, -0.25) is 4.79 Å². The molecule has 2 N–H and O–H groups in total. The highest BCUT2D eigenvalue weighted by Gasteiger charge is 2.32. The van der Waals surface area contributed by atoms with E-state index in [0.717, 1.165) is 12.8 Å². The SMILES string of the molecule is O=C(COc1ccc(Cl)cc1)NCC1(CO)CCOCC1. The zero-order valence-electron chi connectivity index (χ0n) is 11.8. The summed E-state index contributed by atoms with van der Waals surface area (Å²) in [4.78, 5) is 11.8. The lowest BCUT2D eigenvalue weighted by molar-refractivity contribution is -0.124. The number of carbonyl (C=O) groups excluding carboxylic acids is 1. The zero-order valence-corrected chi connectivity index (χ0v) is 12.6. The molecule has 1 saturated heterocycles. The number of aliphatic hydroxyl groups excluding tert-OH is 1. The van der Waals surface area contributed by atoms with Crippen molar-refractivity contribution in [2.45, 2.75) is 12.8 Å². The molecule has 0 unspecified atom stereocenters. The number of hydrogen-bond acceptors (Lipinski definition) is 4. The van der Waals surface area contributed by atoms with Gasteiger partial charge in [-0.25, -0.2) is 0 Å². The van der Waals surface area contributed by atoms with Crippen LogP contribution in [-0.4, -0.2) is 44.0 Å². The van der Waals surface area contributed by atoms with Gasteiger partial charge in [-0.15, -0.1) is 0 Å². The molecule has 6 heteroatoms. The molecular formula is C15H20ClNO4. The van der Waals surface area contributed by atoms with E-state index in [1.807, 2.05) is 0 Å². The highest BCUT2D eigenvalue weighted by molar-refractivity contribution is 6.30. The van der Waals surface area contributed by atoms with Crippen molar-refractivity contribution in [3.05, 3.63) is 29.3 Å². The van der Waals surface area contributed by atoms with Gasteiger partial charge in [-0.05, 0) is 37.1 Å². The maximum atomic E-state index is 11.8. The normalized spacial score (nSPS) is 17.2. The molecular weight excluding hydrogens is 294 g/mol. The van der Waals surface area contributed by atoms with Crippen LogP contribution in [0.2, 0.25) is 5.02 Å². The second-order valence-corrected chi connectivity index (χ2v) is 5.73. The molecule has 0 aromatic heterocycles. The van der Waals surface area contributed by atoms with Gasteiger partial charge in [0.1, 0.15) is 5.75 Å². The number of halogens is 1. The monoisotopic (exact) mass is 313 g/mol. The van der Waals surface area contributed by atoms with Crippen LogP contribution in [0, 0.1) is 5.41 Å². The van der Waals surface area contributed by atoms with Gasteiger partial charge in [0.25, 0.3) is 5.91 Å².